The minimum atomic E-state index is -1.46. The van der Waals surface area contributed by atoms with Gasteiger partial charge in [0.1, 0.15) is 5.01 Å². The van der Waals surface area contributed by atoms with Gasteiger partial charge >= 0.3 is 0 Å². The summed E-state index contributed by atoms with van der Waals surface area (Å²) < 4.78 is 42.9. The van der Waals surface area contributed by atoms with Crippen molar-refractivity contribution >= 4 is 43.1 Å². The van der Waals surface area contributed by atoms with Gasteiger partial charge in [-0.1, -0.05) is 97.1 Å². The first-order valence-corrected chi connectivity index (χ1v) is 15.0. The van der Waals surface area contributed by atoms with Gasteiger partial charge in [0.15, 0.2) is 17.5 Å². The van der Waals surface area contributed by atoms with E-state index in [0.717, 1.165) is 72.0 Å². The summed E-state index contributed by atoms with van der Waals surface area (Å²) in [5, 5.41) is 5.02. The molecule has 0 saturated heterocycles. The average molecular weight is 594 g/mol. The highest BCUT2D eigenvalue weighted by Gasteiger charge is 2.15. The standard InChI is InChI=1S/C39H22F3NS/c40-34-21-29(22-35(41)38(34)42)31-18-17-30(32-5-1-2-6-33(31)32)28-16-15-26-19-25(13-14-27(26)20-28)23-9-11-24(12-10-23)39-43-36-7-3-4-8-37(36)44-39/h1-22H. The SMILES string of the molecule is Fc1cc(-c2ccc(-c3ccc4cc(-c5ccc(-c6nc7ccccc7s6)cc5)ccc4c3)c3ccccc23)cc(F)c1F. The third-order valence-electron chi connectivity index (χ3n) is 8.13. The van der Waals surface area contributed by atoms with Crippen molar-refractivity contribution in [2.45, 2.75) is 0 Å². The number of halogens is 3. The fourth-order valence-corrected chi connectivity index (χ4v) is 6.88. The van der Waals surface area contributed by atoms with Crippen LogP contribution in [0.3, 0.4) is 0 Å². The molecule has 0 saturated carbocycles. The van der Waals surface area contributed by atoms with Crippen molar-refractivity contribution in [3.05, 3.63) is 151 Å². The summed E-state index contributed by atoms with van der Waals surface area (Å²) in [6.07, 6.45) is 0. The Labute approximate surface area is 255 Å². The van der Waals surface area contributed by atoms with E-state index < -0.39 is 17.5 Å². The zero-order valence-corrected chi connectivity index (χ0v) is 24.0. The quantitative estimate of drug-likeness (QED) is 0.185. The molecule has 0 aliphatic rings. The van der Waals surface area contributed by atoms with Gasteiger partial charge in [-0.15, -0.1) is 11.3 Å². The lowest BCUT2D eigenvalue weighted by Crippen LogP contribution is -1.93. The molecule has 0 radical (unpaired) electrons. The Hall–Kier alpha value is -5.26. The Balaban J connectivity index is 1.13. The Kier molecular flexibility index (Phi) is 6.28. The molecule has 7 aromatic carbocycles. The molecule has 0 aliphatic carbocycles. The van der Waals surface area contributed by atoms with Crippen molar-refractivity contribution in [2.75, 3.05) is 0 Å². The van der Waals surface area contributed by atoms with E-state index in [1.165, 1.54) is 4.70 Å². The summed E-state index contributed by atoms with van der Waals surface area (Å²) in [4.78, 5) is 4.78. The van der Waals surface area contributed by atoms with Crippen molar-refractivity contribution < 1.29 is 13.2 Å². The van der Waals surface area contributed by atoms with E-state index in [1.54, 1.807) is 11.3 Å². The Morgan fingerprint density at radius 1 is 0.455 bits per heavy atom. The lowest BCUT2D eigenvalue weighted by atomic mass is 9.91. The topological polar surface area (TPSA) is 12.9 Å². The Morgan fingerprint density at radius 3 is 1.68 bits per heavy atom. The molecule has 8 aromatic rings. The summed E-state index contributed by atoms with van der Waals surface area (Å²) in [6.45, 7) is 0. The highest BCUT2D eigenvalue weighted by Crippen LogP contribution is 2.38. The van der Waals surface area contributed by atoms with Gasteiger partial charge in [-0.2, -0.15) is 0 Å². The molecule has 0 unspecified atom stereocenters. The second kappa shape index (κ2) is 10.5. The van der Waals surface area contributed by atoms with Gasteiger partial charge in [0.2, 0.25) is 0 Å². The number of benzene rings is 7. The van der Waals surface area contributed by atoms with Crippen LogP contribution in [0.4, 0.5) is 13.2 Å². The molecule has 0 amide bonds. The molecule has 0 fully saturated rings. The second-order valence-corrected chi connectivity index (χ2v) is 11.8. The lowest BCUT2D eigenvalue weighted by Gasteiger charge is -2.13. The third-order valence-corrected chi connectivity index (χ3v) is 9.21. The van der Waals surface area contributed by atoms with Crippen molar-refractivity contribution in [1.82, 2.24) is 4.98 Å². The fraction of sp³-hybridized carbons (Fsp3) is 0. The van der Waals surface area contributed by atoms with Crippen molar-refractivity contribution in [3.8, 4) is 44.0 Å². The van der Waals surface area contributed by atoms with Crippen LogP contribution in [0.15, 0.2) is 133 Å². The highest BCUT2D eigenvalue weighted by molar-refractivity contribution is 7.21. The summed E-state index contributed by atoms with van der Waals surface area (Å²) in [5.41, 5.74) is 7.37. The number of para-hydroxylation sites is 1. The summed E-state index contributed by atoms with van der Waals surface area (Å²) in [6, 6.07) is 43.2. The van der Waals surface area contributed by atoms with E-state index in [2.05, 4.69) is 66.7 Å². The van der Waals surface area contributed by atoms with Crippen molar-refractivity contribution in [1.29, 1.82) is 0 Å². The molecule has 1 nitrogen and oxygen atoms in total. The molecule has 8 rings (SSSR count). The summed E-state index contributed by atoms with van der Waals surface area (Å²) in [5.74, 6) is -3.87. The molecule has 0 aliphatic heterocycles. The molecule has 44 heavy (non-hydrogen) atoms. The lowest BCUT2D eigenvalue weighted by molar-refractivity contribution is 0.448. The predicted molar refractivity (Wildman–Crippen MR) is 176 cm³/mol. The van der Waals surface area contributed by atoms with E-state index in [9.17, 15) is 13.2 Å². The average Bonchev–Trinajstić information content (AvgIpc) is 3.51. The van der Waals surface area contributed by atoms with Crippen LogP contribution in [-0.2, 0) is 0 Å². The van der Waals surface area contributed by atoms with Crippen molar-refractivity contribution in [3.63, 3.8) is 0 Å². The molecule has 0 atom stereocenters. The number of fused-ring (bicyclic) bond motifs is 3. The molecular formula is C39H22F3NS. The molecule has 0 N–H and O–H groups in total. The van der Waals surface area contributed by atoms with Gasteiger partial charge in [0.05, 0.1) is 10.2 Å². The largest absolute Gasteiger partial charge is 0.236 e. The maximum absolute atomic E-state index is 14.1. The van der Waals surface area contributed by atoms with Gasteiger partial charge in [0, 0.05) is 5.56 Å². The minimum absolute atomic E-state index is 0.295. The van der Waals surface area contributed by atoms with Crippen LogP contribution < -0.4 is 0 Å². The highest BCUT2D eigenvalue weighted by atomic mass is 32.1. The summed E-state index contributed by atoms with van der Waals surface area (Å²) >= 11 is 1.70. The van der Waals surface area contributed by atoms with Gasteiger partial charge < -0.3 is 0 Å². The molecule has 5 heteroatoms. The first-order chi connectivity index (χ1) is 21.5. The van der Waals surface area contributed by atoms with Crippen molar-refractivity contribution in [2.24, 2.45) is 0 Å². The van der Waals surface area contributed by atoms with Crippen LogP contribution in [0.1, 0.15) is 0 Å². The van der Waals surface area contributed by atoms with Crippen LogP contribution >= 0.6 is 11.3 Å². The molecule has 0 spiro atoms. The maximum Gasteiger partial charge on any atom is 0.194 e. The van der Waals surface area contributed by atoms with E-state index >= 15 is 0 Å². The van der Waals surface area contributed by atoms with E-state index in [0.29, 0.717) is 11.1 Å². The van der Waals surface area contributed by atoms with Gasteiger partial charge in [-0.3, -0.25) is 0 Å². The predicted octanol–water partition coefficient (Wildman–Crippen LogP) is 11.7. The molecule has 0 bridgehead atoms. The number of hydrogen-bond donors (Lipinski definition) is 0. The third kappa shape index (κ3) is 4.53. The van der Waals surface area contributed by atoms with E-state index in [-0.39, 0.29) is 0 Å². The Bertz CT molecular complexity index is 2320. The van der Waals surface area contributed by atoms with Gasteiger partial charge in [0.25, 0.3) is 0 Å². The van der Waals surface area contributed by atoms with Crippen LogP contribution in [0.5, 0.6) is 0 Å². The van der Waals surface area contributed by atoms with Crippen LogP contribution in [0, 0.1) is 17.5 Å². The first-order valence-electron chi connectivity index (χ1n) is 14.2. The van der Waals surface area contributed by atoms with Crippen LogP contribution in [0.25, 0.3) is 75.7 Å². The van der Waals surface area contributed by atoms with Crippen LogP contribution in [-0.4, -0.2) is 4.98 Å². The van der Waals surface area contributed by atoms with Gasteiger partial charge in [-0.25, -0.2) is 18.2 Å². The number of aromatic nitrogens is 1. The second-order valence-electron chi connectivity index (χ2n) is 10.8. The minimum Gasteiger partial charge on any atom is -0.236 e. The maximum atomic E-state index is 14.1. The number of rotatable bonds is 4. The van der Waals surface area contributed by atoms with E-state index in [1.807, 2.05) is 54.6 Å². The molecular weight excluding hydrogens is 571 g/mol. The van der Waals surface area contributed by atoms with Gasteiger partial charge in [-0.05, 0) is 91.3 Å². The van der Waals surface area contributed by atoms with Crippen LogP contribution in [0.2, 0.25) is 0 Å². The molecule has 210 valence electrons. The smallest absolute Gasteiger partial charge is 0.194 e. The fourth-order valence-electron chi connectivity index (χ4n) is 5.91. The molecule has 1 heterocycles. The number of hydrogen-bond acceptors (Lipinski definition) is 2. The number of thiazole rings is 1. The first kappa shape index (κ1) is 26.4. The monoisotopic (exact) mass is 593 g/mol. The number of nitrogens with zero attached hydrogens (tertiary/aromatic N) is 1. The normalized spacial score (nSPS) is 11.5. The zero-order chi connectivity index (χ0) is 29.8. The zero-order valence-electron chi connectivity index (χ0n) is 23.2. The molecule has 1 aromatic heterocycles. The Morgan fingerprint density at radius 2 is 1.00 bits per heavy atom. The summed E-state index contributed by atoms with van der Waals surface area (Å²) in [7, 11) is 0. The van der Waals surface area contributed by atoms with E-state index in [4.69, 9.17) is 4.98 Å².